The molecule has 4 nitrogen and oxygen atoms in total. The first kappa shape index (κ1) is 16.8. The van der Waals surface area contributed by atoms with Gasteiger partial charge in [0.05, 0.1) is 6.61 Å². The van der Waals surface area contributed by atoms with Crippen LogP contribution in [0.15, 0.2) is 36.9 Å². The highest BCUT2D eigenvalue weighted by Crippen LogP contribution is 2.19. The lowest BCUT2D eigenvalue weighted by atomic mass is 9.98. The molecule has 0 aliphatic carbocycles. The Balaban J connectivity index is 1.68. The van der Waals surface area contributed by atoms with Crippen molar-refractivity contribution in [3.05, 3.63) is 41.9 Å². The van der Waals surface area contributed by atoms with Crippen LogP contribution in [0, 0.1) is 5.92 Å². The van der Waals surface area contributed by atoms with E-state index in [1.54, 1.807) is 30.3 Å². The van der Waals surface area contributed by atoms with E-state index in [4.69, 9.17) is 21.1 Å². The van der Waals surface area contributed by atoms with Crippen LogP contribution < -0.4 is 4.74 Å². The fraction of sp³-hybridized carbons (Fsp3) is 0.471. The van der Waals surface area contributed by atoms with Gasteiger partial charge in [0.1, 0.15) is 5.75 Å². The van der Waals surface area contributed by atoms with E-state index in [1.165, 1.54) is 0 Å². The van der Waals surface area contributed by atoms with E-state index in [0.29, 0.717) is 23.3 Å². The maximum Gasteiger partial charge on any atom is 0.260 e. The summed E-state index contributed by atoms with van der Waals surface area (Å²) in [5.74, 6) is 1.21. The Morgan fingerprint density at radius 1 is 1.32 bits per heavy atom. The smallest absolute Gasteiger partial charge is 0.260 e. The number of carbonyl (C=O) groups is 1. The Labute approximate surface area is 136 Å². The molecule has 2 rings (SSSR count). The molecule has 0 unspecified atom stereocenters. The predicted octanol–water partition coefficient (Wildman–Crippen LogP) is 3.16. The minimum Gasteiger partial charge on any atom is -0.484 e. The van der Waals surface area contributed by atoms with Gasteiger partial charge in [0, 0.05) is 24.7 Å². The van der Waals surface area contributed by atoms with Gasteiger partial charge in [0.2, 0.25) is 0 Å². The summed E-state index contributed by atoms with van der Waals surface area (Å²) in [6.45, 7) is 6.57. The molecule has 0 spiro atoms. The SMILES string of the molecule is C=CCOCC1CCN(C(=O)COc2ccc(Cl)cc2)CC1. The summed E-state index contributed by atoms with van der Waals surface area (Å²) < 4.78 is 11.0. The molecule has 0 saturated carbocycles. The third kappa shape index (κ3) is 5.35. The lowest BCUT2D eigenvalue weighted by Crippen LogP contribution is -2.41. The van der Waals surface area contributed by atoms with Gasteiger partial charge in [-0.05, 0) is 43.0 Å². The van der Waals surface area contributed by atoms with Crippen molar-refractivity contribution in [2.45, 2.75) is 12.8 Å². The largest absolute Gasteiger partial charge is 0.484 e. The fourth-order valence-electron chi connectivity index (χ4n) is 2.43. The first-order valence-electron chi connectivity index (χ1n) is 7.54. The highest BCUT2D eigenvalue weighted by Gasteiger charge is 2.23. The van der Waals surface area contributed by atoms with Crippen LogP contribution in [-0.2, 0) is 9.53 Å². The Hall–Kier alpha value is -1.52. The van der Waals surface area contributed by atoms with Gasteiger partial charge in [-0.2, -0.15) is 0 Å². The van der Waals surface area contributed by atoms with Crippen molar-refractivity contribution in [1.29, 1.82) is 0 Å². The van der Waals surface area contributed by atoms with Gasteiger partial charge in [0.15, 0.2) is 6.61 Å². The molecule has 1 saturated heterocycles. The van der Waals surface area contributed by atoms with Crippen LogP contribution in [0.4, 0.5) is 0 Å². The number of halogens is 1. The molecule has 0 bridgehead atoms. The molecular formula is C17H22ClNO3. The van der Waals surface area contributed by atoms with Crippen molar-refractivity contribution in [1.82, 2.24) is 4.90 Å². The van der Waals surface area contributed by atoms with E-state index in [-0.39, 0.29) is 12.5 Å². The van der Waals surface area contributed by atoms with Crippen molar-refractivity contribution in [3.8, 4) is 5.75 Å². The average molecular weight is 324 g/mol. The van der Waals surface area contributed by atoms with Crippen LogP contribution in [0.1, 0.15) is 12.8 Å². The fourth-order valence-corrected chi connectivity index (χ4v) is 2.56. The summed E-state index contributed by atoms with van der Waals surface area (Å²) in [5.41, 5.74) is 0. The maximum atomic E-state index is 12.1. The predicted molar refractivity (Wildman–Crippen MR) is 87.3 cm³/mol. The number of hydrogen-bond acceptors (Lipinski definition) is 3. The Kier molecular flexibility index (Phi) is 6.74. The summed E-state index contributed by atoms with van der Waals surface area (Å²) in [4.78, 5) is 14.0. The normalized spacial score (nSPS) is 15.6. The van der Waals surface area contributed by atoms with Crippen LogP contribution in [0.25, 0.3) is 0 Å². The van der Waals surface area contributed by atoms with Gasteiger partial charge in [-0.1, -0.05) is 17.7 Å². The van der Waals surface area contributed by atoms with Crippen molar-refractivity contribution in [2.75, 3.05) is 32.9 Å². The molecule has 1 aliphatic rings. The topological polar surface area (TPSA) is 38.8 Å². The quantitative estimate of drug-likeness (QED) is 0.571. The third-order valence-electron chi connectivity index (χ3n) is 3.73. The van der Waals surface area contributed by atoms with E-state index < -0.39 is 0 Å². The van der Waals surface area contributed by atoms with Gasteiger partial charge in [-0.25, -0.2) is 0 Å². The molecule has 0 radical (unpaired) electrons. The molecule has 1 fully saturated rings. The second-order valence-electron chi connectivity index (χ2n) is 5.39. The van der Waals surface area contributed by atoms with Gasteiger partial charge in [-0.3, -0.25) is 4.79 Å². The molecular weight excluding hydrogens is 302 g/mol. The molecule has 1 aromatic carbocycles. The van der Waals surface area contributed by atoms with Gasteiger partial charge in [0.25, 0.3) is 5.91 Å². The first-order chi connectivity index (χ1) is 10.7. The van der Waals surface area contributed by atoms with E-state index in [2.05, 4.69) is 6.58 Å². The Morgan fingerprint density at radius 2 is 2.00 bits per heavy atom. The maximum absolute atomic E-state index is 12.1. The number of likely N-dealkylation sites (tertiary alicyclic amines) is 1. The number of ether oxygens (including phenoxy) is 2. The average Bonchev–Trinajstić information content (AvgIpc) is 2.55. The lowest BCUT2D eigenvalue weighted by Gasteiger charge is -2.31. The summed E-state index contributed by atoms with van der Waals surface area (Å²) in [5, 5.41) is 0.652. The van der Waals surface area contributed by atoms with E-state index in [0.717, 1.165) is 32.5 Å². The molecule has 0 atom stereocenters. The molecule has 5 heteroatoms. The van der Waals surface area contributed by atoms with E-state index >= 15 is 0 Å². The Morgan fingerprint density at radius 3 is 2.64 bits per heavy atom. The summed E-state index contributed by atoms with van der Waals surface area (Å²) in [7, 11) is 0. The highest BCUT2D eigenvalue weighted by atomic mass is 35.5. The molecule has 1 aliphatic heterocycles. The zero-order chi connectivity index (χ0) is 15.8. The Bertz CT molecular complexity index is 481. The number of piperidine rings is 1. The molecule has 1 heterocycles. The molecule has 22 heavy (non-hydrogen) atoms. The van der Waals surface area contributed by atoms with Gasteiger partial charge < -0.3 is 14.4 Å². The minimum atomic E-state index is 0.0282. The molecule has 120 valence electrons. The summed E-state index contributed by atoms with van der Waals surface area (Å²) in [6.07, 6.45) is 3.71. The summed E-state index contributed by atoms with van der Waals surface area (Å²) >= 11 is 5.81. The van der Waals surface area contributed by atoms with Crippen molar-refractivity contribution in [3.63, 3.8) is 0 Å². The number of rotatable bonds is 7. The van der Waals surface area contributed by atoms with Gasteiger partial charge in [-0.15, -0.1) is 6.58 Å². The van der Waals surface area contributed by atoms with Crippen LogP contribution in [0.3, 0.4) is 0 Å². The van der Waals surface area contributed by atoms with Crippen molar-refractivity contribution in [2.24, 2.45) is 5.92 Å². The lowest BCUT2D eigenvalue weighted by molar-refractivity contribution is -0.135. The molecule has 1 amide bonds. The third-order valence-corrected chi connectivity index (χ3v) is 3.98. The van der Waals surface area contributed by atoms with Crippen LogP contribution in [0.2, 0.25) is 5.02 Å². The number of benzene rings is 1. The monoisotopic (exact) mass is 323 g/mol. The van der Waals surface area contributed by atoms with E-state index in [1.807, 2.05) is 4.90 Å². The van der Waals surface area contributed by atoms with E-state index in [9.17, 15) is 4.79 Å². The summed E-state index contributed by atoms with van der Waals surface area (Å²) in [6, 6.07) is 7.02. The van der Waals surface area contributed by atoms with Crippen LogP contribution in [0.5, 0.6) is 5.75 Å². The van der Waals surface area contributed by atoms with Gasteiger partial charge >= 0.3 is 0 Å². The highest BCUT2D eigenvalue weighted by molar-refractivity contribution is 6.30. The minimum absolute atomic E-state index is 0.0282. The second kappa shape index (κ2) is 8.81. The molecule has 1 aromatic rings. The number of hydrogen-bond donors (Lipinski definition) is 0. The zero-order valence-corrected chi connectivity index (χ0v) is 13.4. The standard InChI is InChI=1S/C17H22ClNO3/c1-2-11-21-12-14-7-9-19(10-8-14)17(20)13-22-16-5-3-15(18)4-6-16/h2-6,14H,1,7-13H2. The first-order valence-corrected chi connectivity index (χ1v) is 7.91. The zero-order valence-electron chi connectivity index (χ0n) is 12.7. The number of carbonyl (C=O) groups excluding carboxylic acids is 1. The number of amides is 1. The molecule has 0 N–H and O–H groups in total. The number of nitrogens with zero attached hydrogens (tertiary/aromatic N) is 1. The van der Waals surface area contributed by atoms with Crippen LogP contribution >= 0.6 is 11.6 Å². The van der Waals surface area contributed by atoms with Crippen LogP contribution in [-0.4, -0.2) is 43.7 Å². The molecule has 0 aromatic heterocycles. The van der Waals surface area contributed by atoms with Crippen molar-refractivity contribution < 1.29 is 14.3 Å². The van der Waals surface area contributed by atoms with Crippen molar-refractivity contribution >= 4 is 17.5 Å². The second-order valence-corrected chi connectivity index (χ2v) is 5.83.